The van der Waals surface area contributed by atoms with Gasteiger partial charge in [0.05, 0.1) is 5.60 Å². The Kier molecular flexibility index (Phi) is 3.64. The zero-order chi connectivity index (χ0) is 13.3. The Morgan fingerprint density at radius 1 is 1.37 bits per heavy atom. The lowest BCUT2D eigenvalue weighted by Gasteiger charge is -2.48. The molecule has 0 amide bonds. The van der Waals surface area contributed by atoms with Crippen LogP contribution < -0.4 is 5.73 Å². The summed E-state index contributed by atoms with van der Waals surface area (Å²) in [5.41, 5.74) is 9.55. The van der Waals surface area contributed by atoms with Crippen LogP contribution >= 0.6 is 0 Å². The third kappa shape index (κ3) is 2.44. The van der Waals surface area contributed by atoms with E-state index in [0.29, 0.717) is 5.92 Å². The molecule has 1 aromatic carbocycles. The Morgan fingerprint density at radius 2 is 2.16 bits per heavy atom. The molecule has 2 nitrogen and oxygen atoms in total. The van der Waals surface area contributed by atoms with Gasteiger partial charge in [0.15, 0.2) is 0 Å². The van der Waals surface area contributed by atoms with E-state index >= 15 is 0 Å². The topological polar surface area (TPSA) is 35.2 Å². The maximum Gasteiger partial charge on any atom is 0.0686 e. The highest BCUT2D eigenvalue weighted by atomic mass is 16.5. The average Bonchev–Trinajstić information content (AvgIpc) is 2.45. The van der Waals surface area contributed by atoms with Crippen LogP contribution in [0.1, 0.15) is 56.2 Å². The Labute approximate surface area is 116 Å². The van der Waals surface area contributed by atoms with Crippen molar-refractivity contribution in [3.63, 3.8) is 0 Å². The highest BCUT2D eigenvalue weighted by molar-refractivity contribution is 5.30. The molecule has 1 saturated carbocycles. The van der Waals surface area contributed by atoms with Gasteiger partial charge >= 0.3 is 0 Å². The summed E-state index contributed by atoms with van der Waals surface area (Å²) in [5, 5.41) is 0. The quantitative estimate of drug-likeness (QED) is 0.900. The molecule has 1 saturated heterocycles. The van der Waals surface area contributed by atoms with Crippen LogP contribution in [-0.2, 0) is 11.2 Å². The molecule has 2 atom stereocenters. The molecule has 1 aliphatic carbocycles. The molecule has 1 aliphatic heterocycles. The van der Waals surface area contributed by atoms with Crippen molar-refractivity contribution in [2.24, 2.45) is 11.7 Å². The highest BCUT2D eigenvalue weighted by Gasteiger charge is 2.44. The first-order valence-electron chi connectivity index (χ1n) is 7.71. The van der Waals surface area contributed by atoms with E-state index in [4.69, 9.17) is 10.5 Å². The molecular weight excluding hydrogens is 234 g/mol. The smallest absolute Gasteiger partial charge is 0.0686 e. The summed E-state index contributed by atoms with van der Waals surface area (Å²) in [6, 6.07) is 8.84. The fourth-order valence-corrected chi connectivity index (χ4v) is 3.73. The van der Waals surface area contributed by atoms with E-state index in [0.717, 1.165) is 25.9 Å². The van der Waals surface area contributed by atoms with Crippen molar-refractivity contribution in [1.82, 2.24) is 0 Å². The monoisotopic (exact) mass is 259 g/mol. The van der Waals surface area contributed by atoms with Gasteiger partial charge in [0.25, 0.3) is 0 Å². The standard InChI is InChI=1S/C17H25NO/c1-2-13-6-3-4-7-15(13)16(18)14-8-11-19-17(12-14)9-5-10-17/h3-4,6-7,14,16H,2,5,8-12,18H2,1H3. The predicted molar refractivity (Wildman–Crippen MR) is 78.0 cm³/mol. The van der Waals surface area contributed by atoms with Gasteiger partial charge in [-0.2, -0.15) is 0 Å². The molecule has 2 fully saturated rings. The fraction of sp³-hybridized carbons (Fsp3) is 0.647. The van der Waals surface area contributed by atoms with E-state index in [1.807, 2.05) is 0 Å². The summed E-state index contributed by atoms with van der Waals surface area (Å²) in [6.45, 7) is 3.11. The second kappa shape index (κ2) is 5.26. The fourth-order valence-electron chi connectivity index (χ4n) is 3.73. The first-order chi connectivity index (χ1) is 9.24. The molecule has 1 heterocycles. The molecule has 2 heteroatoms. The van der Waals surface area contributed by atoms with Crippen LogP contribution in [-0.4, -0.2) is 12.2 Å². The normalized spacial score (nSPS) is 26.9. The molecule has 3 rings (SSSR count). The average molecular weight is 259 g/mol. The zero-order valence-corrected chi connectivity index (χ0v) is 11.9. The van der Waals surface area contributed by atoms with Crippen molar-refractivity contribution >= 4 is 0 Å². The summed E-state index contributed by atoms with van der Waals surface area (Å²) in [5.74, 6) is 0.585. The molecule has 1 spiro atoms. The maximum absolute atomic E-state index is 6.59. The highest BCUT2D eigenvalue weighted by Crippen LogP contribution is 2.46. The molecule has 0 radical (unpaired) electrons. The summed E-state index contributed by atoms with van der Waals surface area (Å²) in [7, 11) is 0. The SMILES string of the molecule is CCc1ccccc1C(N)C1CCOC2(CCC2)C1. The summed E-state index contributed by atoms with van der Waals surface area (Å²) in [4.78, 5) is 0. The number of hydrogen-bond acceptors (Lipinski definition) is 2. The van der Waals surface area contributed by atoms with E-state index in [1.165, 1.54) is 30.4 Å². The van der Waals surface area contributed by atoms with E-state index in [9.17, 15) is 0 Å². The molecule has 0 aromatic heterocycles. The molecule has 2 unspecified atom stereocenters. The number of rotatable bonds is 3. The summed E-state index contributed by atoms with van der Waals surface area (Å²) in [6.07, 6.45) is 7.15. The van der Waals surface area contributed by atoms with Crippen LogP contribution in [0.2, 0.25) is 0 Å². The van der Waals surface area contributed by atoms with E-state index < -0.39 is 0 Å². The molecular formula is C17H25NO. The lowest BCUT2D eigenvalue weighted by Crippen LogP contribution is -2.47. The number of benzene rings is 1. The Hall–Kier alpha value is -0.860. The van der Waals surface area contributed by atoms with Gasteiger partial charge in [0, 0.05) is 12.6 Å². The number of nitrogens with two attached hydrogens (primary N) is 1. The van der Waals surface area contributed by atoms with Crippen LogP contribution in [0.3, 0.4) is 0 Å². The maximum atomic E-state index is 6.59. The van der Waals surface area contributed by atoms with Gasteiger partial charge in [-0.15, -0.1) is 0 Å². The summed E-state index contributed by atoms with van der Waals surface area (Å²) < 4.78 is 6.02. The first-order valence-corrected chi connectivity index (χ1v) is 7.71. The molecule has 1 aromatic rings. The minimum atomic E-state index is 0.178. The summed E-state index contributed by atoms with van der Waals surface area (Å²) >= 11 is 0. The van der Waals surface area contributed by atoms with E-state index in [2.05, 4.69) is 31.2 Å². The minimum Gasteiger partial charge on any atom is -0.375 e. The number of ether oxygens (including phenoxy) is 1. The molecule has 104 valence electrons. The van der Waals surface area contributed by atoms with Gasteiger partial charge in [-0.25, -0.2) is 0 Å². The van der Waals surface area contributed by atoms with Crippen LogP contribution in [0.25, 0.3) is 0 Å². The van der Waals surface area contributed by atoms with Crippen molar-refractivity contribution in [2.75, 3.05) is 6.61 Å². The lowest BCUT2D eigenvalue weighted by molar-refractivity contribution is -0.146. The molecule has 0 bridgehead atoms. The molecule has 19 heavy (non-hydrogen) atoms. The second-order valence-electron chi connectivity index (χ2n) is 6.22. The largest absolute Gasteiger partial charge is 0.375 e. The van der Waals surface area contributed by atoms with Gasteiger partial charge < -0.3 is 10.5 Å². The van der Waals surface area contributed by atoms with Gasteiger partial charge in [-0.05, 0) is 55.6 Å². The number of aryl methyl sites for hydroxylation is 1. The van der Waals surface area contributed by atoms with Gasteiger partial charge in [0.1, 0.15) is 0 Å². The van der Waals surface area contributed by atoms with Crippen molar-refractivity contribution in [2.45, 2.75) is 57.1 Å². The van der Waals surface area contributed by atoms with E-state index in [-0.39, 0.29) is 11.6 Å². The Bertz CT molecular complexity index is 439. The Morgan fingerprint density at radius 3 is 2.84 bits per heavy atom. The van der Waals surface area contributed by atoms with Crippen molar-refractivity contribution < 1.29 is 4.74 Å². The van der Waals surface area contributed by atoms with Gasteiger partial charge in [-0.3, -0.25) is 0 Å². The molecule has 2 N–H and O–H groups in total. The zero-order valence-electron chi connectivity index (χ0n) is 11.9. The predicted octanol–water partition coefficient (Wildman–Crippen LogP) is 3.60. The molecule has 2 aliphatic rings. The van der Waals surface area contributed by atoms with E-state index in [1.54, 1.807) is 0 Å². The number of hydrogen-bond donors (Lipinski definition) is 1. The van der Waals surface area contributed by atoms with Crippen LogP contribution in [0, 0.1) is 5.92 Å². The van der Waals surface area contributed by atoms with Gasteiger partial charge in [-0.1, -0.05) is 31.2 Å². The third-order valence-electron chi connectivity index (χ3n) is 5.10. The lowest BCUT2D eigenvalue weighted by atomic mass is 9.69. The van der Waals surface area contributed by atoms with Gasteiger partial charge in [0.2, 0.25) is 0 Å². The first kappa shape index (κ1) is 13.1. The third-order valence-corrected chi connectivity index (χ3v) is 5.10. The second-order valence-corrected chi connectivity index (χ2v) is 6.22. The van der Waals surface area contributed by atoms with Crippen LogP contribution in [0.5, 0.6) is 0 Å². The van der Waals surface area contributed by atoms with Crippen LogP contribution in [0.4, 0.5) is 0 Å². The Balaban J connectivity index is 1.77. The van der Waals surface area contributed by atoms with Crippen molar-refractivity contribution in [1.29, 1.82) is 0 Å². The van der Waals surface area contributed by atoms with Crippen molar-refractivity contribution in [3.05, 3.63) is 35.4 Å². The van der Waals surface area contributed by atoms with Crippen LogP contribution in [0.15, 0.2) is 24.3 Å². The minimum absolute atomic E-state index is 0.178. The van der Waals surface area contributed by atoms with Crippen molar-refractivity contribution in [3.8, 4) is 0 Å².